The Bertz CT molecular complexity index is 2440. The quantitative estimate of drug-likeness (QED) is 0.0437. The first-order valence-electron chi connectivity index (χ1n) is 22.8. The Hall–Kier alpha value is -6.55. The van der Waals surface area contributed by atoms with Crippen molar-refractivity contribution in [3.8, 4) is 23.0 Å². The number of carbonyl (C=O) groups excluding carboxylic acids is 4. The van der Waals surface area contributed by atoms with E-state index in [1.54, 1.807) is 32.0 Å². The zero-order valence-corrected chi connectivity index (χ0v) is 41.4. The number of carbonyl (C=O) groups is 7. The van der Waals surface area contributed by atoms with Crippen molar-refractivity contribution in [1.29, 1.82) is 0 Å². The number of rotatable bonds is 18. The van der Waals surface area contributed by atoms with Crippen LogP contribution in [0.25, 0.3) is 11.1 Å². The molecule has 1 heterocycles. The molecule has 18 heteroatoms. The lowest BCUT2D eigenvalue weighted by Crippen LogP contribution is -2.53. The van der Waals surface area contributed by atoms with Gasteiger partial charge in [-0.15, -0.1) is 0 Å². The number of aliphatic carboxylic acids is 3. The number of ether oxygens (including phenoxy) is 3. The van der Waals surface area contributed by atoms with E-state index in [4.69, 9.17) is 18.6 Å². The first kappa shape index (κ1) is 53.4. The number of esters is 1. The van der Waals surface area contributed by atoms with Crippen LogP contribution in [0.5, 0.6) is 0 Å². The summed E-state index contributed by atoms with van der Waals surface area (Å²) in [5.74, 6) is -4.47. The number of alkyl carbamates (subject to hydrolysis) is 1. The topological polar surface area (TPSA) is 253 Å². The van der Waals surface area contributed by atoms with Crippen molar-refractivity contribution < 1.29 is 67.5 Å². The van der Waals surface area contributed by atoms with E-state index in [-0.39, 0.29) is 29.9 Å². The Morgan fingerprint density at radius 2 is 1.33 bits per heavy atom. The molecule has 7 atom stereocenters. The number of carboxylic acid groups (broad SMARTS) is 3. The Labute approximate surface area is 403 Å². The third-order valence-corrected chi connectivity index (χ3v) is 17.8. The van der Waals surface area contributed by atoms with Gasteiger partial charge in [0, 0.05) is 35.4 Å². The molecule has 1 fully saturated rings. The molecule has 3 aromatic carbocycles. The second-order valence-corrected chi connectivity index (χ2v) is 24.2. The van der Waals surface area contributed by atoms with Gasteiger partial charge in [-0.05, 0) is 76.8 Å². The van der Waals surface area contributed by atoms with E-state index < -0.39 is 117 Å². The van der Waals surface area contributed by atoms with Crippen LogP contribution >= 0.6 is 0 Å². The lowest BCUT2D eigenvalue weighted by Gasteiger charge is -2.43. The number of benzene rings is 3. The number of anilines is 1. The molecule has 1 saturated heterocycles. The van der Waals surface area contributed by atoms with E-state index in [0.29, 0.717) is 11.1 Å². The number of amides is 3. The average Bonchev–Trinajstić information content (AvgIpc) is 3.59. The van der Waals surface area contributed by atoms with Gasteiger partial charge in [0.15, 0.2) is 14.4 Å². The minimum Gasteiger partial charge on any atom is -0.481 e. The summed E-state index contributed by atoms with van der Waals surface area (Å²) in [7, 11) is -1.28. The zero-order valence-electron chi connectivity index (χ0n) is 40.4. The first-order valence-corrected chi connectivity index (χ1v) is 25.7. The molecule has 3 aromatic rings. The van der Waals surface area contributed by atoms with Crippen LogP contribution in [0, 0.1) is 35.5 Å². The molecule has 6 N–H and O–H groups in total. The number of fused-ring (bicyclic) bond motifs is 3. The predicted octanol–water partition coefficient (Wildman–Crippen LogP) is 6.78. The minimum atomic E-state index is -2.34. The van der Waals surface area contributed by atoms with E-state index in [9.17, 15) is 48.9 Å². The maximum absolute atomic E-state index is 13.7. The molecule has 2 aliphatic rings. The summed E-state index contributed by atoms with van der Waals surface area (Å²) in [5, 5.41) is 37.5. The van der Waals surface area contributed by atoms with Gasteiger partial charge < -0.3 is 49.9 Å². The summed E-state index contributed by atoms with van der Waals surface area (Å²) in [6.45, 7) is 15.5. The molecule has 69 heavy (non-hydrogen) atoms. The van der Waals surface area contributed by atoms with Crippen molar-refractivity contribution in [3.05, 3.63) is 89.0 Å². The largest absolute Gasteiger partial charge is 0.481 e. The van der Waals surface area contributed by atoms with E-state index in [0.717, 1.165) is 29.4 Å². The molecular formula is C51H63N3O14Si. The standard InChI is InChI=1S/C51H63N3O14Si/c1-28(2)45(54-50(64)66-27-40-35-16-12-10-14-33(35)34-15-11-13-17-36(34)40)48(62)52-29(3)47(61)53-32-20-18-31(26-67-69(8,9)51(4,5)6)30(22-32)19-21-41-38(24-43(57)58)37(23-42(55)56)39(25-44(59)60)46(68-41)49(63)65-7/h10-18,20,22,28-29,37-41,45-46H,23-27H2,1-9H3,(H,52,62)(H,53,61)(H,54,64)(H,55,56)(H,57,58)(H,59,60)/t29-,37+,38-,39-,41+,45-,46-/m0/s1. The average molecular weight is 970 g/mol. The molecule has 3 amide bonds. The molecule has 1 aliphatic heterocycles. The van der Waals surface area contributed by atoms with E-state index in [2.05, 4.69) is 61.7 Å². The van der Waals surface area contributed by atoms with Gasteiger partial charge in [-0.2, -0.15) is 0 Å². The summed E-state index contributed by atoms with van der Waals surface area (Å²) >= 11 is 0. The third kappa shape index (κ3) is 13.4. The van der Waals surface area contributed by atoms with Crippen molar-refractivity contribution in [2.24, 2.45) is 23.7 Å². The molecule has 17 nitrogen and oxygen atoms in total. The molecule has 5 rings (SSSR count). The monoisotopic (exact) mass is 969 g/mol. The normalized spacial score (nSPS) is 19.7. The molecule has 0 radical (unpaired) electrons. The van der Waals surface area contributed by atoms with E-state index in [1.807, 2.05) is 48.5 Å². The van der Waals surface area contributed by atoms with Gasteiger partial charge >= 0.3 is 30.0 Å². The molecule has 1 aliphatic carbocycles. The Kier molecular flexibility index (Phi) is 17.6. The summed E-state index contributed by atoms with van der Waals surface area (Å²) in [4.78, 5) is 89.8. The molecular weight excluding hydrogens is 907 g/mol. The fourth-order valence-corrected chi connectivity index (χ4v) is 9.43. The number of hydrogen-bond donors (Lipinski definition) is 6. The van der Waals surface area contributed by atoms with E-state index in [1.165, 1.54) is 6.92 Å². The zero-order chi connectivity index (χ0) is 51.0. The van der Waals surface area contributed by atoms with E-state index >= 15 is 0 Å². The van der Waals surface area contributed by atoms with Crippen molar-refractivity contribution in [3.63, 3.8) is 0 Å². The summed E-state index contributed by atoms with van der Waals surface area (Å²) < 4.78 is 23.2. The molecule has 0 unspecified atom stereocenters. The van der Waals surface area contributed by atoms with Crippen LogP contribution in [0.4, 0.5) is 10.5 Å². The van der Waals surface area contributed by atoms with Crippen LogP contribution in [0.3, 0.4) is 0 Å². The van der Waals surface area contributed by atoms with Gasteiger partial charge in [-0.25, -0.2) is 9.59 Å². The summed E-state index contributed by atoms with van der Waals surface area (Å²) in [6.07, 6.45) is -5.76. The van der Waals surface area contributed by atoms with Crippen LogP contribution < -0.4 is 16.0 Å². The van der Waals surface area contributed by atoms with Crippen LogP contribution in [0.1, 0.15) is 89.0 Å². The molecule has 0 bridgehead atoms. The highest BCUT2D eigenvalue weighted by atomic mass is 28.4. The van der Waals surface area contributed by atoms with Gasteiger partial charge in [0.1, 0.15) is 24.8 Å². The van der Waals surface area contributed by atoms with Crippen molar-refractivity contribution in [2.45, 2.75) is 116 Å². The van der Waals surface area contributed by atoms with Crippen molar-refractivity contribution in [1.82, 2.24) is 10.6 Å². The fraction of sp³-hybridized carbons (Fsp3) is 0.471. The number of nitrogens with one attached hydrogen (secondary N) is 3. The van der Waals surface area contributed by atoms with Gasteiger partial charge in [0.2, 0.25) is 11.8 Å². The van der Waals surface area contributed by atoms with Gasteiger partial charge in [-0.3, -0.25) is 24.0 Å². The SMILES string of the molecule is COC(=O)[C@H]1O[C@H](C#Cc2cc(NC(=O)[C@H](C)NC(=O)[C@@H](NC(=O)OCC3c4ccccc4-c4ccccc43)C(C)C)ccc2CO[Si](C)(C)C(C)(C)C)[C@@H](CC(=O)O)[C@@H](CC(=O)O)[C@@H]1CC(=O)O. The number of methoxy groups -OCH3 is 1. The highest BCUT2D eigenvalue weighted by molar-refractivity contribution is 6.74. The fourth-order valence-electron chi connectivity index (χ4n) is 8.48. The Balaban J connectivity index is 1.36. The smallest absolute Gasteiger partial charge is 0.407 e. The summed E-state index contributed by atoms with van der Waals surface area (Å²) in [5.41, 5.74) is 5.35. The second-order valence-electron chi connectivity index (χ2n) is 19.4. The molecule has 0 saturated carbocycles. The van der Waals surface area contributed by atoms with Gasteiger partial charge in [0.25, 0.3) is 0 Å². The maximum Gasteiger partial charge on any atom is 0.407 e. The molecule has 370 valence electrons. The molecule has 0 spiro atoms. The Morgan fingerprint density at radius 1 is 0.768 bits per heavy atom. The Morgan fingerprint density at radius 3 is 1.88 bits per heavy atom. The predicted molar refractivity (Wildman–Crippen MR) is 256 cm³/mol. The third-order valence-electron chi connectivity index (χ3n) is 13.3. The highest BCUT2D eigenvalue weighted by Gasteiger charge is 2.50. The van der Waals surface area contributed by atoms with Crippen LogP contribution in [0.15, 0.2) is 66.7 Å². The van der Waals surface area contributed by atoms with Crippen LogP contribution in [0.2, 0.25) is 18.1 Å². The van der Waals surface area contributed by atoms with Gasteiger partial charge in [0.05, 0.1) is 26.6 Å². The van der Waals surface area contributed by atoms with Crippen LogP contribution in [-0.2, 0) is 54.0 Å². The lowest BCUT2D eigenvalue weighted by atomic mass is 9.69. The first-order chi connectivity index (χ1) is 32.4. The second kappa shape index (κ2) is 22.7. The molecule has 0 aromatic heterocycles. The number of carboxylic acids is 3. The van der Waals surface area contributed by atoms with Crippen molar-refractivity contribution in [2.75, 3.05) is 19.0 Å². The maximum atomic E-state index is 13.7. The summed E-state index contributed by atoms with van der Waals surface area (Å²) in [6, 6.07) is 18.5. The highest BCUT2D eigenvalue weighted by Crippen LogP contribution is 2.45. The van der Waals surface area contributed by atoms with Crippen molar-refractivity contribution >= 4 is 55.8 Å². The number of hydrogen-bond acceptors (Lipinski definition) is 11. The minimum absolute atomic E-state index is 0.0434. The van der Waals surface area contributed by atoms with Gasteiger partial charge in [-0.1, -0.05) is 101 Å². The lowest BCUT2D eigenvalue weighted by molar-refractivity contribution is -0.185. The van der Waals surface area contributed by atoms with Crippen LogP contribution in [-0.4, -0.2) is 103 Å².